The average molecular weight is 300 g/mol. The van der Waals surface area contributed by atoms with Gasteiger partial charge in [0.05, 0.1) is 30.1 Å². The fraction of sp³-hybridized carbons (Fsp3) is 0.375. The number of hydrogen-bond donors (Lipinski definition) is 1. The first kappa shape index (κ1) is 14.5. The van der Waals surface area contributed by atoms with Crippen molar-refractivity contribution in [1.29, 1.82) is 5.26 Å². The van der Waals surface area contributed by atoms with Crippen molar-refractivity contribution in [3.8, 4) is 11.8 Å². The van der Waals surface area contributed by atoms with Crippen molar-refractivity contribution in [3.05, 3.63) is 47.5 Å². The third-order valence-corrected chi connectivity index (χ3v) is 3.84. The monoisotopic (exact) mass is 300 g/mol. The van der Waals surface area contributed by atoms with Gasteiger partial charge in [0.15, 0.2) is 5.75 Å². The maximum atomic E-state index is 13.8. The lowest BCUT2D eigenvalue weighted by molar-refractivity contribution is 0.297. The highest BCUT2D eigenvalue weighted by molar-refractivity contribution is 5.32. The first-order valence-corrected chi connectivity index (χ1v) is 7.32. The molecular weight excluding hydrogens is 283 g/mol. The highest BCUT2D eigenvalue weighted by Crippen LogP contribution is 2.21. The normalized spacial score (nSPS) is 15.5. The number of aromatic nitrogens is 2. The molecule has 22 heavy (non-hydrogen) atoms. The van der Waals surface area contributed by atoms with Gasteiger partial charge in [-0.2, -0.15) is 10.4 Å². The molecule has 6 heteroatoms. The standard InChI is InChI=1S/C16H17FN4O/c17-16-7-12(8-18)1-2-13(16)11-22-15-9-20-21(10-15)14-3-5-19-6-4-14/h1-2,7,9-10,14,19H,3-6,11H2. The van der Waals surface area contributed by atoms with Gasteiger partial charge in [-0.25, -0.2) is 4.39 Å². The van der Waals surface area contributed by atoms with E-state index in [4.69, 9.17) is 10.00 Å². The Morgan fingerprint density at radius 3 is 2.95 bits per heavy atom. The van der Waals surface area contributed by atoms with Crippen LogP contribution in [0.15, 0.2) is 30.6 Å². The summed E-state index contributed by atoms with van der Waals surface area (Å²) in [6.45, 7) is 2.11. The van der Waals surface area contributed by atoms with Gasteiger partial charge in [-0.15, -0.1) is 0 Å². The predicted octanol–water partition coefficient (Wildman–Crippen LogP) is 2.40. The van der Waals surface area contributed by atoms with Crippen molar-refractivity contribution in [2.75, 3.05) is 13.1 Å². The Morgan fingerprint density at radius 1 is 1.41 bits per heavy atom. The van der Waals surface area contributed by atoms with E-state index in [2.05, 4.69) is 10.4 Å². The zero-order valence-electron chi connectivity index (χ0n) is 12.1. The minimum atomic E-state index is -0.426. The molecule has 114 valence electrons. The van der Waals surface area contributed by atoms with Gasteiger partial charge in [-0.1, -0.05) is 6.07 Å². The van der Waals surface area contributed by atoms with E-state index in [0.29, 0.717) is 22.9 Å². The van der Waals surface area contributed by atoms with Crippen LogP contribution in [0.2, 0.25) is 0 Å². The lowest BCUT2D eigenvalue weighted by atomic mass is 10.1. The first-order chi connectivity index (χ1) is 10.8. The molecular formula is C16H17FN4O. The molecule has 2 aromatic rings. The maximum absolute atomic E-state index is 13.8. The number of nitrogens with one attached hydrogen (secondary N) is 1. The Balaban J connectivity index is 1.62. The van der Waals surface area contributed by atoms with E-state index >= 15 is 0 Å². The second kappa shape index (κ2) is 6.58. The van der Waals surface area contributed by atoms with Gasteiger partial charge in [0.2, 0.25) is 0 Å². The Bertz CT molecular complexity index is 686. The topological polar surface area (TPSA) is 62.9 Å². The number of halogens is 1. The van der Waals surface area contributed by atoms with E-state index in [1.54, 1.807) is 18.3 Å². The Hall–Kier alpha value is -2.39. The van der Waals surface area contributed by atoms with Gasteiger partial charge in [0.25, 0.3) is 0 Å². The summed E-state index contributed by atoms with van der Waals surface area (Å²) in [6, 6.07) is 6.68. The molecule has 0 amide bonds. The molecule has 1 aliphatic heterocycles. The Labute approximate surface area is 128 Å². The number of rotatable bonds is 4. The predicted molar refractivity (Wildman–Crippen MR) is 78.8 cm³/mol. The fourth-order valence-electron chi connectivity index (χ4n) is 2.56. The molecule has 1 fully saturated rings. The molecule has 0 atom stereocenters. The lowest BCUT2D eigenvalue weighted by Crippen LogP contribution is -2.29. The van der Waals surface area contributed by atoms with Crippen LogP contribution in [0.5, 0.6) is 5.75 Å². The average Bonchev–Trinajstić information content (AvgIpc) is 3.03. The van der Waals surface area contributed by atoms with Crippen LogP contribution in [0, 0.1) is 17.1 Å². The summed E-state index contributed by atoms with van der Waals surface area (Å²) in [4.78, 5) is 0. The molecule has 1 aromatic carbocycles. The molecule has 2 heterocycles. The molecule has 0 saturated carbocycles. The summed E-state index contributed by atoms with van der Waals surface area (Å²) in [6.07, 6.45) is 5.61. The van der Waals surface area contributed by atoms with Gasteiger partial charge in [0, 0.05) is 5.56 Å². The Kier molecular flexibility index (Phi) is 4.35. The minimum absolute atomic E-state index is 0.120. The highest BCUT2D eigenvalue weighted by atomic mass is 19.1. The minimum Gasteiger partial charge on any atom is -0.486 e. The van der Waals surface area contributed by atoms with E-state index in [1.807, 2.05) is 16.9 Å². The van der Waals surface area contributed by atoms with Gasteiger partial charge in [-0.3, -0.25) is 4.68 Å². The van der Waals surface area contributed by atoms with Crippen LogP contribution in [0.3, 0.4) is 0 Å². The number of ether oxygens (including phenoxy) is 1. The van der Waals surface area contributed by atoms with Crippen LogP contribution in [0.25, 0.3) is 0 Å². The molecule has 0 aliphatic carbocycles. The SMILES string of the molecule is N#Cc1ccc(COc2cnn(C3CCNCC3)c2)c(F)c1. The number of hydrogen-bond acceptors (Lipinski definition) is 4. The van der Waals surface area contributed by atoms with E-state index in [-0.39, 0.29) is 6.61 Å². The number of nitriles is 1. The first-order valence-electron chi connectivity index (χ1n) is 7.32. The van der Waals surface area contributed by atoms with Crippen molar-refractivity contribution in [2.45, 2.75) is 25.5 Å². The van der Waals surface area contributed by atoms with Gasteiger partial charge >= 0.3 is 0 Å². The van der Waals surface area contributed by atoms with E-state index in [0.717, 1.165) is 25.9 Å². The summed E-state index contributed by atoms with van der Waals surface area (Å²) in [5, 5.41) is 16.4. The molecule has 0 unspecified atom stereocenters. The number of benzene rings is 1. The quantitative estimate of drug-likeness (QED) is 0.942. The molecule has 1 aliphatic rings. The molecule has 0 radical (unpaired) electrons. The van der Waals surface area contributed by atoms with Crippen molar-refractivity contribution in [3.63, 3.8) is 0 Å². The Morgan fingerprint density at radius 2 is 2.23 bits per heavy atom. The molecule has 0 spiro atoms. The molecule has 0 bridgehead atoms. The lowest BCUT2D eigenvalue weighted by Gasteiger charge is -2.22. The molecule has 1 aromatic heterocycles. The van der Waals surface area contributed by atoms with Crippen LogP contribution in [-0.2, 0) is 6.61 Å². The summed E-state index contributed by atoms with van der Waals surface area (Å²) in [5.74, 6) is 0.201. The molecule has 1 N–H and O–H groups in total. The summed E-state index contributed by atoms with van der Waals surface area (Å²) < 4.78 is 21.3. The molecule has 1 saturated heterocycles. The van der Waals surface area contributed by atoms with Crippen LogP contribution < -0.4 is 10.1 Å². The third-order valence-electron chi connectivity index (χ3n) is 3.84. The zero-order valence-corrected chi connectivity index (χ0v) is 12.1. The van der Waals surface area contributed by atoms with Crippen LogP contribution in [0.4, 0.5) is 4.39 Å². The second-order valence-electron chi connectivity index (χ2n) is 5.34. The van der Waals surface area contributed by atoms with Crippen molar-refractivity contribution in [1.82, 2.24) is 15.1 Å². The maximum Gasteiger partial charge on any atom is 0.157 e. The van der Waals surface area contributed by atoms with Crippen molar-refractivity contribution in [2.24, 2.45) is 0 Å². The summed E-state index contributed by atoms with van der Waals surface area (Å²) in [5.41, 5.74) is 0.730. The summed E-state index contributed by atoms with van der Waals surface area (Å²) in [7, 11) is 0. The summed E-state index contributed by atoms with van der Waals surface area (Å²) >= 11 is 0. The van der Waals surface area contributed by atoms with E-state index in [1.165, 1.54) is 6.07 Å². The van der Waals surface area contributed by atoms with Crippen molar-refractivity contribution >= 4 is 0 Å². The van der Waals surface area contributed by atoms with Gasteiger partial charge in [0.1, 0.15) is 12.4 Å². The van der Waals surface area contributed by atoms with E-state index < -0.39 is 5.82 Å². The van der Waals surface area contributed by atoms with Crippen LogP contribution >= 0.6 is 0 Å². The van der Waals surface area contributed by atoms with Gasteiger partial charge in [-0.05, 0) is 38.1 Å². The van der Waals surface area contributed by atoms with E-state index in [9.17, 15) is 4.39 Å². The zero-order chi connectivity index (χ0) is 15.4. The fourth-order valence-corrected chi connectivity index (χ4v) is 2.56. The van der Waals surface area contributed by atoms with Gasteiger partial charge < -0.3 is 10.1 Å². The van der Waals surface area contributed by atoms with Crippen LogP contribution in [0.1, 0.15) is 30.0 Å². The number of nitrogens with zero attached hydrogens (tertiary/aromatic N) is 3. The molecule has 3 rings (SSSR count). The van der Waals surface area contributed by atoms with Crippen LogP contribution in [-0.4, -0.2) is 22.9 Å². The second-order valence-corrected chi connectivity index (χ2v) is 5.34. The smallest absolute Gasteiger partial charge is 0.157 e. The largest absolute Gasteiger partial charge is 0.486 e. The highest BCUT2D eigenvalue weighted by Gasteiger charge is 2.16. The third kappa shape index (κ3) is 3.26. The van der Waals surface area contributed by atoms with Crippen molar-refractivity contribution < 1.29 is 9.13 Å². The number of piperidine rings is 1. The molecule has 5 nitrogen and oxygen atoms in total.